The van der Waals surface area contributed by atoms with Crippen LogP contribution in [0.1, 0.15) is 41.5 Å². The summed E-state index contributed by atoms with van der Waals surface area (Å²) in [6.07, 6.45) is 4.09. The minimum atomic E-state index is -0.485. The van der Waals surface area contributed by atoms with E-state index in [1.165, 1.54) is 18.5 Å². The Morgan fingerprint density at radius 2 is 2.29 bits per heavy atom. The number of fused-ring (bicyclic) bond motifs is 1. The van der Waals surface area contributed by atoms with Crippen LogP contribution in [0.5, 0.6) is 0 Å². The smallest absolute Gasteiger partial charge is 0.252 e. The standard InChI is InChI=1S/C17H24N6O/c1-2-3-7-22-8-9-23-14(12-22)10-13(21-23)11-20-17-15(16(18)24)5-4-6-19-17/h4-6,10H,2-3,7-9,11-12H2,1H3,(H2,18,24)(H,19,20). The molecule has 3 rings (SSSR count). The number of aromatic nitrogens is 3. The number of amides is 1. The van der Waals surface area contributed by atoms with Crippen molar-refractivity contribution in [1.29, 1.82) is 0 Å². The number of hydrogen-bond acceptors (Lipinski definition) is 5. The van der Waals surface area contributed by atoms with Gasteiger partial charge in [-0.2, -0.15) is 5.10 Å². The van der Waals surface area contributed by atoms with Crippen molar-refractivity contribution in [3.05, 3.63) is 41.3 Å². The fourth-order valence-electron chi connectivity index (χ4n) is 2.96. The van der Waals surface area contributed by atoms with Crippen LogP contribution in [0.3, 0.4) is 0 Å². The quantitative estimate of drug-likeness (QED) is 0.806. The van der Waals surface area contributed by atoms with Crippen molar-refractivity contribution in [2.75, 3.05) is 18.4 Å². The van der Waals surface area contributed by atoms with Crippen molar-refractivity contribution in [2.45, 2.75) is 39.4 Å². The molecule has 0 saturated heterocycles. The molecule has 128 valence electrons. The predicted octanol–water partition coefficient (Wildman–Crippen LogP) is 1.60. The predicted molar refractivity (Wildman–Crippen MR) is 92.5 cm³/mol. The van der Waals surface area contributed by atoms with Gasteiger partial charge in [0.15, 0.2) is 0 Å². The number of nitrogens with zero attached hydrogens (tertiary/aromatic N) is 4. The van der Waals surface area contributed by atoms with E-state index in [2.05, 4.69) is 38.0 Å². The van der Waals surface area contributed by atoms with Crippen LogP contribution >= 0.6 is 0 Å². The number of carbonyl (C=O) groups excluding carboxylic acids is 1. The minimum Gasteiger partial charge on any atom is -0.365 e. The number of rotatable bonds is 7. The maximum Gasteiger partial charge on any atom is 0.252 e. The summed E-state index contributed by atoms with van der Waals surface area (Å²) in [5, 5.41) is 7.80. The van der Waals surface area contributed by atoms with E-state index in [1.807, 2.05) is 0 Å². The lowest BCUT2D eigenvalue weighted by Crippen LogP contribution is -2.34. The number of unbranched alkanes of at least 4 members (excludes halogenated alkanes) is 1. The van der Waals surface area contributed by atoms with E-state index in [4.69, 9.17) is 5.73 Å². The molecule has 2 aromatic rings. The van der Waals surface area contributed by atoms with Gasteiger partial charge >= 0.3 is 0 Å². The lowest BCUT2D eigenvalue weighted by atomic mass is 10.2. The van der Waals surface area contributed by atoms with Gasteiger partial charge in [0.25, 0.3) is 5.91 Å². The molecule has 0 aromatic carbocycles. The van der Waals surface area contributed by atoms with E-state index in [-0.39, 0.29) is 0 Å². The fourth-order valence-corrected chi connectivity index (χ4v) is 2.96. The molecule has 0 saturated carbocycles. The molecule has 2 aromatic heterocycles. The van der Waals surface area contributed by atoms with E-state index in [0.717, 1.165) is 31.9 Å². The molecule has 0 aliphatic carbocycles. The zero-order valence-electron chi connectivity index (χ0n) is 14.0. The van der Waals surface area contributed by atoms with Gasteiger partial charge in [0.2, 0.25) is 0 Å². The highest BCUT2D eigenvalue weighted by atomic mass is 16.1. The summed E-state index contributed by atoms with van der Waals surface area (Å²) in [5.41, 5.74) is 7.96. The van der Waals surface area contributed by atoms with Crippen molar-refractivity contribution in [2.24, 2.45) is 5.73 Å². The topological polar surface area (TPSA) is 89.1 Å². The Morgan fingerprint density at radius 3 is 3.08 bits per heavy atom. The number of anilines is 1. The molecule has 1 amide bonds. The summed E-state index contributed by atoms with van der Waals surface area (Å²) in [6, 6.07) is 5.49. The van der Waals surface area contributed by atoms with Crippen LogP contribution < -0.4 is 11.1 Å². The number of nitrogens with two attached hydrogens (primary N) is 1. The average molecular weight is 328 g/mol. The molecule has 0 bridgehead atoms. The Morgan fingerprint density at radius 1 is 1.42 bits per heavy atom. The van der Waals surface area contributed by atoms with Gasteiger partial charge in [-0.15, -0.1) is 0 Å². The maximum atomic E-state index is 11.4. The first-order valence-electron chi connectivity index (χ1n) is 8.44. The van der Waals surface area contributed by atoms with Gasteiger partial charge in [-0.25, -0.2) is 4.98 Å². The van der Waals surface area contributed by atoms with E-state index < -0.39 is 5.91 Å². The van der Waals surface area contributed by atoms with Crippen molar-refractivity contribution in [3.8, 4) is 0 Å². The van der Waals surface area contributed by atoms with Crippen molar-refractivity contribution in [3.63, 3.8) is 0 Å². The summed E-state index contributed by atoms with van der Waals surface area (Å²) in [7, 11) is 0. The molecule has 24 heavy (non-hydrogen) atoms. The van der Waals surface area contributed by atoms with Gasteiger partial charge in [0.05, 0.1) is 30.0 Å². The zero-order valence-corrected chi connectivity index (χ0v) is 14.0. The number of nitrogens with one attached hydrogen (secondary N) is 1. The van der Waals surface area contributed by atoms with Crippen LogP contribution in [-0.2, 0) is 19.6 Å². The minimum absolute atomic E-state index is 0.396. The number of hydrogen-bond donors (Lipinski definition) is 2. The van der Waals surface area contributed by atoms with Gasteiger partial charge in [-0.1, -0.05) is 13.3 Å². The molecular formula is C17H24N6O. The monoisotopic (exact) mass is 328 g/mol. The first-order valence-corrected chi connectivity index (χ1v) is 8.44. The molecule has 3 heterocycles. The van der Waals surface area contributed by atoms with Crippen LogP contribution in [0.15, 0.2) is 24.4 Å². The normalized spacial score (nSPS) is 14.4. The maximum absolute atomic E-state index is 11.4. The van der Waals surface area contributed by atoms with Crippen molar-refractivity contribution >= 4 is 11.7 Å². The molecular weight excluding hydrogens is 304 g/mol. The molecule has 0 atom stereocenters. The third-order valence-corrected chi connectivity index (χ3v) is 4.27. The Kier molecular flexibility index (Phi) is 5.10. The molecule has 1 aliphatic rings. The Balaban J connectivity index is 1.64. The highest BCUT2D eigenvalue weighted by Gasteiger charge is 2.18. The number of primary amides is 1. The Hall–Kier alpha value is -2.41. The van der Waals surface area contributed by atoms with Crippen LogP contribution in [0.4, 0.5) is 5.82 Å². The van der Waals surface area contributed by atoms with E-state index in [1.54, 1.807) is 18.3 Å². The summed E-state index contributed by atoms with van der Waals surface area (Å²) in [5.74, 6) is 0.0156. The lowest BCUT2D eigenvalue weighted by Gasteiger charge is -2.27. The summed E-state index contributed by atoms with van der Waals surface area (Å²) < 4.78 is 2.08. The molecule has 1 aliphatic heterocycles. The molecule has 7 nitrogen and oxygen atoms in total. The highest BCUT2D eigenvalue weighted by molar-refractivity contribution is 5.97. The Bertz CT molecular complexity index is 711. The second-order valence-corrected chi connectivity index (χ2v) is 6.10. The first-order chi connectivity index (χ1) is 11.7. The lowest BCUT2D eigenvalue weighted by molar-refractivity contribution is 0.100. The van der Waals surface area contributed by atoms with Crippen LogP contribution in [0, 0.1) is 0 Å². The molecule has 0 spiro atoms. The third kappa shape index (κ3) is 3.73. The third-order valence-electron chi connectivity index (χ3n) is 4.27. The van der Waals surface area contributed by atoms with E-state index in [9.17, 15) is 4.79 Å². The van der Waals surface area contributed by atoms with Gasteiger partial charge in [0.1, 0.15) is 5.82 Å². The fraction of sp³-hybridized carbons (Fsp3) is 0.471. The SMILES string of the molecule is CCCCN1CCn2nc(CNc3ncccc3C(N)=O)cc2C1. The molecule has 7 heteroatoms. The van der Waals surface area contributed by atoms with Gasteiger partial charge < -0.3 is 11.1 Å². The first kappa shape index (κ1) is 16.4. The van der Waals surface area contributed by atoms with E-state index >= 15 is 0 Å². The molecule has 3 N–H and O–H groups in total. The van der Waals surface area contributed by atoms with Crippen LogP contribution in [0.2, 0.25) is 0 Å². The highest BCUT2D eigenvalue weighted by Crippen LogP contribution is 2.16. The second kappa shape index (κ2) is 7.44. The van der Waals surface area contributed by atoms with Crippen LogP contribution in [0.25, 0.3) is 0 Å². The summed E-state index contributed by atoms with van der Waals surface area (Å²) in [6.45, 7) is 6.80. The van der Waals surface area contributed by atoms with E-state index in [0.29, 0.717) is 17.9 Å². The molecule has 0 fully saturated rings. The largest absolute Gasteiger partial charge is 0.365 e. The molecule has 0 unspecified atom stereocenters. The zero-order chi connectivity index (χ0) is 16.9. The Labute approximate surface area is 141 Å². The van der Waals surface area contributed by atoms with Crippen molar-refractivity contribution < 1.29 is 4.79 Å². The molecule has 0 radical (unpaired) electrons. The number of pyridine rings is 1. The second-order valence-electron chi connectivity index (χ2n) is 6.10. The van der Waals surface area contributed by atoms with Crippen molar-refractivity contribution in [1.82, 2.24) is 19.7 Å². The summed E-state index contributed by atoms with van der Waals surface area (Å²) in [4.78, 5) is 18.1. The van der Waals surface area contributed by atoms with Gasteiger partial charge in [-0.3, -0.25) is 14.4 Å². The number of carbonyl (C=O) groups is 1. The van der Waals surface area contributed by atoms with Gasteiger partial charge in [-0.05, 0) is 31.2 Å². The van der Waals surface area contributed by atoms with Crippen LogP contribution in [-0.4, -0.2) is 38.7 Å². The average Bonchev–Trinajstić information content (AvgIpc) is 3.00. The summed E-state index contributed by atoms with van der Waals surface area (Å²) >= 11 is 0. The van der Waals surface area contributed by atoms with Gasteiger partial charge in [0, 0.05) is 19.3 Å².